The molecular weight excluding hydrogens is 307 g/mol. The van der Waals surface area contributed by atoms with Gasteiger partial charge in [0.15, 0.2) is 11.6 Å². The van der Waals surface area contributed by atoms with Gasteiger partial charge in [-0.1, -0.05) is 23.2 Å². The second kappa shape index (κ2) is 5.44. The standard InChI is InChI=1S/C12H8Cl2N2O4/c13-6-3-7(14)11(19)8(4-6)15-12(20)5-1-9(17)16-10(18)2-5/h1-4,19H,(H,15,20)(H2,16,17,18). The summed E-state index contributed by atoms with van der Waals surface area (Å²) in [4.78, 5) is 25.2. The number of H-pyrrole nitrogens is 1. The lowest BCUT2D eigenvalue weighted by atomic mass is 10.2. The number of aromatic hydroxyl groups is 2. The van der Waals surface area contributed by atoms with Crippen LogP contribution in [0.1, 0.15) is 10.4 Å². The number of hydrogen-bond acceptors (Lipinski definition) is 4. The molecule has 8 heteroatoms. The fourth-order valence-electron chi connectivity index (χ4n) is 1.52. The highest BCUT2D eigenvalue weighted by Gasteiger charge is 2.13. The third kappa shape index (κ3) is 3.04. The Morgan fingerprint density at radius 3 is 2.50 bits per heavy atom. The molecule has 0 aliphatic rings. The Labute approximate surface area is 122 Å². The normalized spacial score (nSPS) is 10.3. The molecule has 2 aromatic rings. The first-order valence-corrected chi connectivity index (χ1v) is 6.05. The number of pyridine rings is 1. The first-order chi connectivity index (χ1) is 9.36. The van der Waals surface area contributed by atoms with Gasteiger partial charge in [-0.15, -0.1) is 0 Å². The molecule has 0 fully saturated rings. The Bertz CT molecular complexity index is 743. The topological polar surface area (TPSA) is 102 Å². The van der Waals surface area contributed by atoms with Crippen LogP contribution in [0, 0.1) is 0 Å². The average molecular weight is 315 g/mol. The van der Waals surface area contributed by atoms with Crippen molar-refractivity contribution in [1.29, 1.82) is 0 Å². The van der Waals surface area contributed by atoms with Gasteiger partial charge in [0.25, 0.3) is 11.5 Å². The minimum atomic E-state index is -0.708. The van der Waals surface area contributed by atoms with Gasteiger partial charge in [0.1, 0.15) is 0 Å². The summed E-state index contributed by atoms with van der Waals surface area (Å²) >= 11 is 11.5. The van der Waals surface area contributed by atoms with Gasteiger partial charge in [0.05, 0.1) is 16.3 Å². The van der Waals surface area contributed by atoms with Gasteiger partial charge in [-0.25, -0.2) is 0 Å². The van der Waals surface area contributed by atoms with Crippen LogP contribution in [-0.4, -0.2) is 21.1 Å². The van der Waals surface area contributed by atoms with E-state index in [4.69, 9.17) is 23.2 Å². The third-order valence-corrected chi connectivity index (χ3v) is 2.87. The molecule has 0 atom stereocenters. The summed E-state index contributed by atoms with van der Waals surface area (Å²) < 4.78 is 0. The zero-order chi connectivity index (χ0) is 14.9. The Balaban J connectivity index is 2.35. The van der Waals surface area contributed by atoms with Gasteiger partial charge in [0, 0.05) is 17.2 Å². The highest BCUT2D eigenvalue weighted by molar-refractivity contribution is 6.36. The number of phenolic OH excluding ortho intramolecular Hbond substituents is 1. The molecule has 0 spiro atoms. The van der Waals surface area contributed by atoms with Crippen molar-refractivity contribution < 1.29 is 15.0 Å². The minimum Gasteiger partial charge on any atom is -0.504 e. The average Bonchev–Trinajstić information content (AvgIpc) is 2.34. The number of carbonyl (C=O) groups is 1. The van der Waals surface area contributed by atoms with E-state index < -0.39 is 17.3 Å². The number of nitrogens with one attached hydrogen (secondary N) is 2. The maximum Gasteiger partial charge on any atom is 0.256 e. The number of carbonyl (C=O) groups excluding carboxylic acids is 1. The van der Waals surface area contributed by atoms with Crippen molar-refractivity contribution in [3.8, 4) is 11.6 Å². The summed E-state index contributed by atoms with van der Waals surface area (Å²) in [7, 11) is 0. The molecule has 0 saturated carbocycles. The highest BCUT2D eigenvalue weighted by Crippen LogP contribution is 2.35. The second-order valence-corrected chi connectivity index (χ2v) is 4.70. The van der Waals surface area contributed by atoms with Crippen molar-refractivity contribution in [2.45, 2.75) is 0 Å². The van der Waals surface area contributed by atoms with E-state index in [0.717, 1.165) is 12.1 Å². The molecule has 0 saturated heterocycles. The predicted octanol–water partition coefficient (Wildman–Crippen LogP) is 2.35. The molecule has 1 aromatic heterocycles. The van der Waals surface area contributed by atoms with Crippen molar-refractivity contribution in [2.24, 2.45) is 0 Å². The van der Waals surface area contributed by atoms with Gasteiger partial charge in [0.2, 0.25) is 0 Å². The lowest BCUT2D eigenvalue weighted by Crippen LogP contribution is -2.16. The number of aromatic nitrogens is 1. The number of amides is 1. The van der Waals surface area contributed by atoms with Gasteiger partial charge in [-0.3, -0.25) is 14.6 Å². The molecule has 1 aromatic carbocycles. The SMILES string of the molecule is O=C(Nc1cc(Cl)cc(Cl)c1O)c1cc(O)[nH]c(=O)c1. The monoisotopic (exact) mass is 314 g/mol. The molecule has 104 valence electrons. The number of hydrogen-bond donors (Lipinski definition) is 4. The number of phenols is 1. The van der Waals surface area contributed by atoms with Crippen LogP contribution in [0.5, 0.6) is 11.6 Å². The maximum atomic E-state index is 11.9. The van der Waals surface area contributed by atoms with Crippen LogP contribution in [0.4, 0.5) is 5.69 Å². The largest absolute Gasteiger partial charge is 0.504 e. The summed E-state index contributed by atoms with van der Waals surface area (Å²) in [5, 5.41) is 21.5. The number of benzene rings is 1. The van der Waals surface area contributed by atoms with E-state index in [0.29, 0.717) is 0 Å². The van der Waals surface area contributed by atoms with Crippen LogP contribution < -0.4 is 10.9 Å². The van der Waals surface area contributed by atoms with Crippen LogP contribution in [-0.2, 0) is 0 Å². The number of aromatic amines is 1. The molecular formula is C12H8Cl2N2O4. The minimum absolute atomic E-state index is 0.00716. The molecule has 0 aliphatic heterocycles. The van der Waals surface area contributed by atoms with Crippen molar-refractivity contribution in [1.82, 2.24) is 4.98 Å². The second-order valence-electron chi connectivity index (χ2n) is 3.86. The van der Waals surface area contributed by atoms with Crippen molar-refractivity contribution in [3.63, 3.8) is 0 Å². The van der Waals surface area contributed by atoms with Crippen molar-refractivity contribution in [2.75, 3.05) is 5.32 Å². The molecule has 0 radical (unpaired) electrons. The van der Waals surface area contributed by atoms with Crippen molar-refractivity contribution >= 4 is 34.8 Å². The number of halogens is 2. The summed E-state index contributed by atoms with van der Waals surface area (Å²) in [5.74, 6) is -1.51. The smallest absolute Gasteiger partial charge is 0.256 e. The van der Waals surface area contributed by atoms with Crippen LogP contribution in [0.2, 0.25) is 10.0 Å². The molecule has 2 rings (SSSR count). The number of anilines is 1. The summed E-state index contributed by atoms with van der Waals surface area (Å²) in [6, 6.07) is 4.68. The van der Waals surface area contributed by atoms with Crippen molar-refractivity contribution in [3.05, 3.63) is 50.2 Å². The summed E-state index contributed by atoms with van der Waals surface area (Å²) in [6.45, 7) is 0. The first kappa shape index (κ1) is 14.2. The molecule has 0 aliphatic carbocycles. The van der Waals surface area contributed by atoms with Crippen LogP contribution in [0.25, 0.3) is 0 Å². The van der Waals surface area contributed by atoms with Gasteiger partial charge < -0.3 is 15.5 Å². The fourth-order valence-corrected chi connectivity index (χ4v) is 2.01. The summed E-state index contributed by atoms with van der Waals surface area (Å²) in [6.07, 6.45) is 0. The Hall–Kier alpha value is -2.18. The third-order valence-electron chi connectivity index (χ3n) is 2.37. The molecule has 1 heterocycles. The maximum absolute atomic E-state index is 11.9. The van der Waals surface area contributed by atoms with Crippen LogP contribution in [0.3, 0.4) is 0 Å². The van der Waals surface area contributed by atoms with Gasteiger partial charge >= 0.3 is 0 Å². The van der Waals surface area contributed by atoms with Crippen LogP contribution in [0.15, 0.2) is 29.1 Å². The van der Waals surface area contributed by atoms with E-state index in [1.165, 1.54) is 12.1 Å². The Morgan fingerprint density at radius 2 is 1.85 bits per heavy atom. The molecule has 6 nitrogen and oxygen atoms in total. The fraction of sp³-hybridized carbons (Fsp3) is 0. The first-order valence-electron chi connectivity index (χ1n) is 5.29. The highest BCUT2D eigenvalue weighted by atomic mass is 35.5. The summed E-state index contributed by atoms with van der Waals surface area (Å²) in [5.41, 5.74) is -0.725. The van der Waals surface area contributed by atoms with Gasteiger partial charge in [-0.05, 0) is 12.1 Å². The Morgan fingerprint density at radius 1 is 1.15 bits per heavy atom. The van der Waals surface area contributed by atoms with E-state index in [2.05, 4.69) is 10.3 Å². The predicted molar refractivity (Wildman–Crippen MR) is 74.8 cm³/mol. The van der Waals surface area contributed by atoms with Gasteiger partial charge in [-0.2, -0.15) is 0 Å². The van der Waals surface area contributed by atoms with E-state index in [-0.39, 0.29) is 27.0 Å². The van der Waals surface area contributed by atoms with Crippen LogP contribution >= 0.6 is 23.2 Å². The number of rotatable bonds is 2. The lowest BCUT2D eigenvalue weighted by Gasteiger charge is -2.09. The quantitative estimate of drug-likeness (QED) is 0.639. The van der Waals surface area contributed by atoms with E-state index in [1.54, 1.807) is 0 Å². The lowest BCUT2D eigenvalue weighted by molar-refractivity contribution is 0.102. The van der Waals surface area contributed by atoms with E-state index in [9.17, 15) is 19.8 Å². The Kier molecular flexibility index (Phi) is 3.87. The zero-order valence-electron chi connectivity index (χ0n) is 9.78. The molecule has 0 bridgehead atoms. The van der Waals surface area contributed by atoms with E-state index >= 15 is 0 Å². The molecule has 4 N–H and O–H groups in total. The molecule has 20 heavy (non-hydrogen) atoms. The zero-order valence-corrected chi connectivity index (χ0v) is 11.3. The molecule has 0 unspecified atom stereocenters. The van der Waals surface area contributed by atoms with E-state index in [1.807, 2.05) is 0 Å². The molecule has 1 amide bonds.